The fourth-order valence-electron chi connectivity index (χ4n) is 1.01. The molecule has 0 radical (unpaired) electrons. The number of carbonyl (C=O) groups excluding carboxylic acids is 2. The Balaban J connectivity index is 2.64. The van der Waals surface area contributed by atoms with Crippen molar-refractivity contribution in [1.29, 1.82) is 0 Å². The van der Waals surface area contributed by atoms with Gasteiger partial charge in [0.25, 0.3) is 0 Å². The van der Waals surface area contributed by atoms with Crippen LogP contribution in [-0.2, 0) is 9.59 Å². The van der Waals surface area contributed by atoms with Gasteiger partial charge in [-0.25, -0.2) is 4.98 Å². The number of amides is 2. The molecule has 1 aromatic heterocycles. The number of carbonyl (C=O) groups is 2. The van der Waals surface area contributed by atoms with Gasteiger partial charge < -0.3 is 16.8 Å². The van der Waals surface area contributed by atoms with E-state index >= 15 is 0 Å². The van der Waals surface area contributed by atoms with Crippen molar-refractivity contribution < 1.29 is 9.59 Å². The summed E-state index contributed by atoms with van der Waals surface area (Å²) in [5.41, 5.74) is 10.9. The molecule has 86 valence electrons. The number of rotatable bonds is 4. The average molecular weight is 287 g/mol. The Morgan fingerprint density at radius 1 is 1.56 bits per heavy atom. The summed E-state index contributed by atoms with van der Waals surface area (Å²) in [7, 11) is 0. The maximum Gasteiger partial charge on any atom is 0.241 e. The molecule has 6 nitrogen and oxygen atoms in total. The zero-order valence-corrected chi connectivity index (χ0v) is 9.90. The first-order chi connectivity index (χ1) is 7.50. The molecule has 1 unspecified atom stereocenters. The number of primary amides is 1. The molecular weight excluding hydrogens is 276 g/mol. The summed E-state index contributed by atoms with van der Waals surface area (Å²) < 4.78 is 0.495. The Kier molecular flexibility index (Phi) is 4.39. The van der Waals surface area contributed by atoms with Gasteiger partial charge in [0.2, 0.25) is 11.8 Å². The van der Waals surface area contributed by atoms with Crippen molar-refractivity contribution in [3.05, 3.63) is 22.9 Å². The zero-order chi connectivity index (χ0) is 12.1. The molecule has 0 saturated heterocycles. The smallest absolute Gasteiger partial charge is 0.241 e. The molecule has 1 aromatic rings. The number of halogens is 1. The SMILES string of the molecule is NC(=O)CC(N)C(=O)Nc1cccnc1Br. The quantitative estimate of drug-likeness (QED) is 0.676. The van der Waals surface area contributed by atoms with Crippen LogP contribution in [0.5, 0.6) is 0 Å². The van der Waals surface area contributed by atoms with Gasteiger partial charge in [-0.2, -0.15) is 0 Å². The molecule has 0 aromatic carbocycles. The second-order valence-corrected chi connectivity index (χ2v) is 3.86. The number of hydrogen-bond donors (Lipinski definition) is 3. The van der Waals surface area contributed by atoms with Crippen LogP contribution < -0.4 is 16.8 Å². The predicted molar refractivity (Wildman–Crippen MR) is 62.4 cm³/mol. The molecule has 0 aliphatic carbocycles. The second-order valence-electron chi connectivity index (χ2n) is 3.11. The van der Waals surface area contributed by atoms with Crippen molar-refractivity contribution in [3.8, 4) is 0 Å². The largest absolute Gasteiger partial charge is 0.370 e. The third kappa shape index (κ3) is 3.59. The number of anilines is 1. The molecule has 5 N–H and O–H groups in total. The first-order valence-electron chi connectivity index (χ1n) is 4.46. The van der Waals surface area contributed by atoms with Crippen molar-refractivity contribution >= 4 is 33.4 Å². The minimum absolute atomic E-state index is 0.191. The van der Waals surface area contributed by atoms with E-state index in [1.807, 2.05) is 0 Å². The van der Waals surface area contributed by atoms with E-state index in [0.717, 1.165) is 0 Å². The van der Waals surface area contributed by atoms with E-state index in [9.17, 15) is 9.59 Å². The highest BCUT2D eigenvalue weighted by Gasteiger charge is 2.16. The van der Waals surface area contributed by atoms with Crippen molar-refractivity contribution in [2.24, 2.45) is 11.5 Å². The highest BCUT2D eigenvalue weighted by atomic mass is 79.9. The van der Waals surface area contributed by atoms with Crippen LogP contribution >= 0.6 is 15.9 Å². The lowest BCUT2D eigenvalue weighted by atomic mass is 10.2. The van der Waals surface area contributed by atoms with Crippen molar-refractivity contribution in [1.82, 2.24) is 4.98 Å². The van der Waals surface area contributed by atoms with Crippen LogP contribution in [0.2, 0.25) is 0 Å². The van der Waals surface area contributed by atoms with E-state index in [4.69, 9.17) is 11.5 Å². The third-order valence-corrected chi connectivity index (χ3v) is 2.41. The summed E-state index contributed by atoms with van der Waals surface area (Å²) in [6.07, 6.45) is 1.38. The maximum absolute atomic E-state index is 11.5. The minimum Gasteiger partial charge on any atom is -0.370 e. The van der Waals surface area contributed by atoms with Gasteiger partial charge in [0.1, 0.15) is 4.60 Å². The van der Waals surface area contributed by atoms with E-state index in [0.29, 0.717) is 10.3 Å². The van der Waals surface area contributed by atoms with Gasteiger partial charge in [0.15, 0.2) is 0 Å². The summed E-state index contributed by atoms with van der Waals surface area (Å²) in [6.45, 7) is 0. The second kappa shape index (κ2) is 5.57. The minimum atomic E-state index is -0.954. The summed E-state index contributed by atoms with van der Waals surface area (Å²) in [5.74, 6) is -1.10. The van der Waals surface area contributed by atoms with Crippen LogP contribution in [0, 0.1) is 0 Å². The predicted octanol–water partition coefficient (Wildman–Crippen LogP) is -0.0147. The molecule has 0 bridgehead atoms. The molecule has 0 aliphatic rings. The van der Waals surface area contributed by atoms with E-state index in [-0.39, 0.29) is 6.42 Å². The number of pyridine rings is 1. The Hall–Kier alpha value is -1.47. The summed E-state index contributed by atoms with van der Waals surface area (Å²) in [5, 5.41) is 2.53. The molecule has 1 rings (SSSR count). The first-order valence-corrected chi connectivity index (χ1v) is 5.25. The third-order valence-electron chi connectivity index (χ3n) is 1.77. The van der Waals surface area contributed by atoms with Gasteiger partial charge in [0, 0.05) is 6.20 Å². The first kappa shape index (κ1) is 12.6. The van der Waals surface area contributed by atoms with Gasteiger partial charge in [-0.05, 0) is 28.1 Å². The number of nitrogens with one attached hydrogen (secondary N) is 1. The lowest BCUT2D eigenvalue weighted by Gasteiger charge is -2.10. The number of aromatic nitrogens is 1. The Morgan fingerprint density at radius 3 is 2.81 bits per heavy atom. The molecule has 0 saturated carbocycles. The van der Waals surface area contributed by atoms with E-state index in [2.05, 4.69) is 26.2 Å². The summed E-state index contributed by atoms with van der Waals surface area (Å²) >= 11 is 3.17. The molecule has 1 atom stereocenters. The van der Waals surface area contributed by atoms with E-state index < -0.39 is 17.9 Å². The average Bonchev–Trinajstić information content (AvgIpc) is 2.20. The highest BCUT2D eigenvalue weighted by molar-refractivity contribution is 9.10. The lowest BCUT2D eigenvalue weighted by Crippen LogP contribution is -2.39. The fourth-order valence-corrected chi connectivity index (χ4v) is 1.36. The van der Waals surface area contributed by atoms with Crippen molar-refractivity contribution in [2.75, 3.05) is 5.32 Å². The van der Waals surface area contributed by atoms with Crippen LogP contribution in [0.15, 0.2) is 22.9 Å². The van der Waals surface area contributed by atoms with Crippen LogP contribution in [-0.4, -0.2) is 22.8 Å². The van der Waals surface area contributed by atoms with Gasteiger partial charge in [-0.1, -0.05) is 0 Å². The highest BCUT2D eigenvalue weighted by Crippen LogP contribution is 2.18. The molecule has 0 fully saturated rings. The molecule has 0 aliphatic heterocycles. The normalized spacial score (nSPS) is 11.9. The topological polar surface area (TPSA) is 111 Å². The fraction of sp³-hybridized carbons (Fsp3) is 0.222. The van der Waals surface area contributed by atoms with Crippen LogP contribution in [0.25, 0.3) is 0 Å². The van der Waals surface area contributed by atoms with Gasteiger partial charge in [-0.15, -0.1) is 0 Å². The standard InChI is InChI=1S/C9H11BrN4O2/c10-8-6(2-1-3-13-8)14-9(16)5(11)4-7(12)15/h1-3,5H,4,11H2,(H2,12,15)(H,14,16). The molecule has 16 heavy (non-hydrogen) atoms. The Morgan fingerprint density at radius 2 is 2.25 bits per heavy atom. The van der Waals surface area contributed by atoms with Gasteiger partial charge in [0.05, 0.1) is 18.2 Å². The van der Waals surface area contributed by atoms with Crippen LogP contribution in [0.3, 0.4) is 0 Å². The summed E-state index contributed by atoms with van der Waals surface area (Å²) in [6, 6.07) is 2.37. The maximum atomic E-state index is 11.5. The van der Waals surface area contributed by atoms with Crippen LogP contribution in [0.4, 0.5) is 5.69 Å². The number of nitrogens with zero attached hydrogens (tertiary/aromatic N) is 1. The molecule has 1 heterocycles. The molecule has 7 heteroatoms. The van der Waals surface area contributed by atoms with Gasteiger partial charge >= 0.3 is 0 Å². The van der Waals surface area contributed by atoms with E-state index in [1.54, 1.807) is 18.3 Å². The van der Waals surface area contributed by atoms with Gasteiger partial charge in [-0.3, -0.25) is 9.59 Å². The van der Waals surface area contributed by atoms with Crippen LogP contribution in [0.1, 0.15) is 6.42 Å². The monoisotopic (exact) mass is 286 g/mol. The Bertz CT molecular complexity index is 410. The van der Waals surface area contributed by atoms with Crippen molar-refractivity contribution in [2.45, 2.75) is 12.5 Å². The molecular formula is C9H11BrN4O2. The molecule has 0 spiro atoms. The summed E-state index contributed by atoms with van der Waals surface area (Å²) in [4.78, 5) is 26.0. The lowest BCUT2D eigenvalue weighted by molar-refractivity contribution is -0.123. The molecule has 2 amide bonds. The Labute approximate surface area is 101 Å². The number of nitrogens with two attached hydrogens (primary N) is 2. The zero-order valence-electron chi connectivity index (χ0n) is 8.31. The van der Waals surface area contributed by atoms with E-state index in [1.165, 1.54) is 0 Å². The number of hydrogen-bond acceptors (Lipinski definition) is 4. The van der Waals surface area contributed by atoms with Crippen molar-refractivity contribution in [3.63, 3.8) is 0 Å².